The first kappa shape index (κ1) is 14.0. The van der Waals surface area contributed by atoms with Crippen LogP contribution >= 0.6 is 34.5 Å². The molecule has 0 saturated carbocycles. The highest BCUT2D eigenvalue weighted by atomic mass is 35.5. The molecule has 0 saturated heterocycles. The minimum Gasteiger partial charge on any atom is -0.364 e. The van der Waals surface area contributed by atoms with Gasteiger partial charge in [-0.25, -0.2) is 4.98 Å². The Balaban J connectivity index is 2.02. The number of halogens is 2. The van der Waals surface area contributed by atoms with Crippen molar-refractivity contribution in [3.05, 3.63) is 48.7 Å². The van der Waals surface area contributed by atoms with Crippen molar-refractivity contribution in [1.82, 2.24) is 4.98 Å². The van der Waals surface area contributed by atoms with Gasteiger partial charge in [-0.3, -0.25) is 10.1 Å². The fourth-order valence-corrected chi connectivity index (χ4v) is 2.73. The normalized spacial score (nSPS) is 10.4. The average molecular weight is 318 g/mol. The molecule has 8 heteroatoms. The van der Waals surface area contributed by atoms with Gasteiger partial charge in [0.25, 0.3) is 0 Å². The maximum absolute atomic E-state index is 10.8. The molecule has 2 aromatic heterocycles. The molecular weight excluding hydrogens is 309 g/mol. The van der Waals surface area contributed by atoms with Gasteiger partial charge >= 0.3 is 5.69 Å². The number of rotatable bonds is 5. The van der Waals surface area contributed by atoms with Gasteiger partial charge in [-0.05, 0) is 24.6 Å². The smallest absolute Gasteiger partial charge is 0.311 e. The summed E-state index contributed by atoms with van der Waals surface area (Å²) in [4.78, 5) is 15.4. The first-order valence-corrected chi connectivity index (χ1v) is 6.92. The summed E-state index contributed by atoms with van der Waals surface area (Å²) in [5, 5.41) is 14.0. The summed E-state index contributed by atoms with van der Waals surface area (Å²) in [7, 11) is 0. The average Bonchev–Trinajstić information content (AvgIpc) is 2.75. The van der Waals surface area contributed by atoms with Crippen molar-refractivity contribution >= 4 is 46.0 Å². The van der Waals surface area contributed by atoms with Crippen LogP contribution in [0.1, 0.15) is 4.88 Å². The zero-order chi connectivity index (χ0) is 13.8. The standard InChI is InChI=1S/C11H9Cl2N3O2S/c12-9-3-2-8(16(17)18)11(15-9)14-6-5-7-1-4-10(13)19-7/h1-4H,5-6H2,(H,14,15). The van der Waals surface area contributed by atoms with E-state index >= 15 is 0 Å². The third-order valence-corrected chi connectivity index (χ3v) is 3.83. The fraction of sp³-hybridized carbons (Fsp3) is 0.182. The van der Waals surface area contributed by atoms with Crippen LogP contribution in [-0.4, -0.2) is 16.5 Å². The molecule has 19 heavy (non-hydrogen) atoms. The summed E-state index contributed by atoms with van der Waals surface area (Å²) in [6, 6.07) is 6.47. The van der Waals surface area contributed by atoms with E-state index in [1.165, 1.54) is 23.5 Å². The van der Waals surface area contributed by atoms with Gasteiger partial charge in [0.05, 0.1) is 9.26 Å². The second kappa shape index (κ2) is 6.18. The molecule has 2 aromatic rings. The van der Waals surface area contributed by atoms with Gasteiger partial charge < -0.3 is 5.32 Å². The van der Waals surface area contributed by atoms with Crippen LogP contribution in [-0.2, 0) is 6.42 Å². The number of pyridine rings is 1. The molecule has 0 radical (unpaired) electrons. The largest absolute Gasteiger partial charge is 0.364 e. The lowest BCUT2D eigenvalue weighted by molar-refractivity contribution is -0.384. The minimum atomic E-state index is -0.492. The Morgan fingerprint density at radius 3 is 2.74 bits per heavy atom. The van der Waals surface area contributed by atoms with E-state index in [4.69, 9.17) is 23.2 Å². The molecule has 0 unspecified atom stereocenters. The molecule has 5 nitrogen and oxygen atoms in total. The number of nitrogens with zero attached hydrogens (tertiary/aromatic N) is 2. The molecule has 1 N–H and O–H groups in total. The van der Waals surface area contributed by atoms with Gasteiger partial charge in [0.1, 0.15) is 5.15 Å². The van der Waals surface area contributed by atoms with Crippen LogP contribution in [0.3, 0.4) is 0 Å². The predicted octanol–water partition coefficient (Wildman–Crippen LogP) is 4.01. The summed E-state index contributed by atoms with van der Waals surface area (Å²) in [6.07, 6.45) is 0.711. The monoisotopic (exact) mass is 317 g/mol. The highest BCUT2D eigenvalue weighted by Gasteiger charge is 2.15. The molecular formula is C11H9Cl2N3O2S. The first-order chi connectivity index (χ1) is 9.06. The second-order valence-electron chi connectivity index (χ2n) is 3.64. The van der Waals surface area contributed by atoms with Crippen molar-refractivity contribution in [2.75, 3.05) is 11.9 Å². The minimum absolute atomic E-state index is 0.0892. The number of thiophene rings is 1. The summed E-state index contributed by atoms with van der Waals surface area (Å²) < 4.78 is 0.724. The number of nitro groups is 1. The van der Waals surface area contributed by atoms with Gasteiger partial charge in [0, 0.05) is 17.5 Å². The Bertz CT molecular complexity index is 603. The lowest BCUT2D eigenvalue weighted by Gasteiger charge is -2.05. The molecule has 0 aromatic carbocycles. The van der Waals surface area contributed by atoms with E-state index in [0.29, 0.717) is 13.0 Å². The number of anilines is 1. The van der Waals surface area contributed by atoms with E-state index in [2.05, 4.69) is 10.3 Å². The maximum Gasteiger partial charge on any atom is 0.311 e. The lowest BCUT2D eigenvalue weighted by Crippen LogP contribution is -2.08. The second-order valence-corrected chi connectivity index (χ2v) is 5.83. The Morgan fingerprint density at radius 1 is 1.32 bits per heavy atom. The molecule has 0 fully saturated rings. The molecule has 2 rings (SSSR count). The van der Waals surface area contributed by atoms with Crippen LogP contribution in [0.2, 0.25) is 9.49 Å². The van der Waals surface area contributed by atoms with Gasteiger partial charge in [-0.1, -0.05) is 23.2 Å². The van der Waals surface area contributed by atoms with E-state index in [1.54, 1.807) is 0 Å². The van der Waals surface area contributed by atoms with Crippen LogP contribution in [0.15, 0.2) is 24.3 Å². The molecule has 0 aliphatic rings. The number of nitrogens with one attached hydrogen (secondary N) is 1. The van der Waals surface area contributed by atoms with E-state index < -0.39 is 4.92 Å². The molecule has 0 spiro atoms. The van der Waals surface area contributed by atoms with E-state index in [-0.39, 0.29) is 16.7 Å². The molecule has 2 heterocycles. The van der Waals surface area contributed by atoms with Crippen molar-refractivity contribution in [1.29, 1.82) is 0 Å². The summed E-state index contributed by atoms with van der Waals surface area (Å²) in [5.41, 5.74) is -0.0892. The van der Waals surface area contributed by atoms with Gasteiger partial charge in [-0.2, -0.15) is 0 Å². The number of hydrogen-bond donors (Lipinski definition) is 1. The van der Waals surface area contributed by atoms with Crippen molar-refractivity contribution in [3.63, 3.8) is 0 Å². The Labute approximate surface area is 123 Å². The zero-order valence-corrected chi connectivity index (χ0v) is 11.9. The molecule has 0 aliphatic heterocycles. The van der Waals surface area contributed by atoms with Crippen LogP contribution in [0.4, 0.5) is 11.5 Å². The lowest BCUT2D eigenvalue weighted by atomic mass is 10.3. The zero-order valence-electron chi connectivity index (χ0n) is 9.60. The van der Waals surface area contributed by atoms with Gasteiger partial charge in [-0.15, -0.1) is 11.3 Å². The third kappa shape index (κ3) is 3.79. The van der Waals surface area contributed by atoms with Crippen molar-refractivity contribution in [2.45, 2.75) is 6.42 Å². The molecule has 0 atom stereocenters. The molecule has 0 amide bonds. The number of hydrogen-bond acceptors (Lipinski definition) is 5. The van der Waals surface area contributed by atoms with Crippen LogP contribution in [0.25, 0.3) is 0 Å². The van der Waals surface area contributed by atoms with E-state index in [9.17, 15) is 10.1 Å². The SMILES string of the molecule is O=[N+]([O-])c1ccc(Cl)nc1NCCc1ccc(Cl)s1. The fourth-order valence-electron chi connectivity index (χ4n) is 1.50. The summed E-state index contributed by atoms with van der Waals surface area (Å²) in [6.45, 7) is 0.519. The highest BCUT2D eigenvalue weighted by molar-refractivity contribution is 7.16. The van der Waals surface area contributed by atoms with Crippen LogP contribution in [0, 0.1) is 10.1 Å². The van der Waals surface area contributed by atoms with Crippen LogP contribution in [0.5, 0.6) is 0 Å². The van der Waals surface area contributed by atoms with Crippen molar-refractivity contribution in [3.8, 4) is 0 Å². The third-order valence-electron chi connectivity index (χ3n) is 2.33. The summed E-state index contributed by atoms with van der Waals surface area (Å²) in [5.74, 6) is 0.181. The topological polar surface area (TPSA) is 68.1 Å². The van der Waals surface area contributed by atoms with E-state index in [0.717, 1.165) is 9.21 Å². The maximum atomic E-state index is 10.8. The van der Waals surface area contributed by atoms with Gasteiger partial charge in [0.15, 0.2) is 0 Å². The highest BCUT2D eigenvalue weighted by Crippen LogP contribution is 2.25. The van der Waals surface area contributed by atoms with Crippen molar-refractivity contribution < 1.29 is 4.92 Å². The van der Waals surface area contributed by atoms with E-state index in [1.807, 2.05) is 12.1 Å². The molecule has 0 bridgehead atoms. The van der Waals surface area contributed by atoms with Gasteiger partial charge in [0.2, 0.25) is 5.82 Å². The first-order valence-electron chi connectivity index (χ1n) is 5.35. The number of aromatic nitrogens is 1. The predicted molar refractivity (Wildman–Crippen MR) is 77.4 cm³/mol. The molecule has 100 valence electrons. The Hall–Kier alpha value is -1.37. The van der Waals surface area contributed by atoms with Crippen molar-refractivity contribution in [2.24, 2.45) is 0 Å². The summed E-state index contributed by atoms with van der Waals surface area (Å²) >= 11 is 13.0. The molecule has 0 aliphatic carbocycles. The Morgan fingerprint density at radius 2 is 2.11 bits per heavy atom. The van der Waals surface area contributed by atoms with Crippen LogP contribution < -0.4 is 5.32 Å². The Kier molecular flexibility index (Phi) is 4.57. The quantitative estimate of drug-likeness (QED) is 0.514.